The van der Waals surface area contributed by atoms with Gasteiger partial charge in [-0.3, -0.25) is 9.69 Å². The molecule has 3 aliphatic heterocycles. The zero-order valence-electron chi connectivity index (χ0n) is 15.4. The summed E-state index contributed by atoms with van der Waals surface area (Å²) >= 11 is 0. The Hall–Kier alpha value is -1.23. The summed E-state index contributed by atoms with van der Waals surface area (Å²) in [4.78, 5) is 14.7. The summed E-state index contributed by atoms with van der Waals surface area (Å²) in [7, 11) is 0. The van der Waals surface area contributed by atoms with Crippen molar-refractivity contribution in [1.29, 1.82) is 0 Å². The number of hydrogen-bond donors (Lipinski definition) is 2. The first-order chi connectivity index (χ1) is 11.8. The van der Waals surface area contributed by atoms with Crippen LogP contribution in [0.1, 0.15) is 52.0 Å². The van der Waals surface area contributed by atoms with Gasteiger partial charge in [-0.05, 0) is 51.0 Å². The fourth-order valence-electron chi connectivity index (χ4n) is 6.22. The highest BCUT2D eigenvalue weighted by Crippen LogP contribution is 2.55. The number of aliphatic hydroxyl groups is 2. The van der Waals surface area contributed by atoms with Gasteiger partial charge in [-0.15, -0.1) is 0 Å². The lowest BCUT2D eigenvalue weighted by Crippen LogP contribution is -2.70. The van der Waals surface area contributed by atoms with Crippen molar-refractivity contribution in [3.8, 4) is 0 Å². The largest absolute Gasteiger partial charge is 0.389 e. The lowest BCUT2D eigenvalue weighted by atomic mass is 9.62. The number of carbonyl (C=O) groups excluding carboxylic acids is 1. The van der Waals surface area contributed by atoms with Gasteiger partial charge < -0.3 is 10.2 Å². The van der Waals surface area contributed by atoms with Crippen molar-refractivity contribution < 1.29 is 15.0 Å². The van der Waals surface area contributed by atoms with Crippen LogP contribution in [0, 0.1) is 11.8 Å². The standard InChI is InChI=1S/C21H29NO3/c1-13-11-16-9-10-17-19(14(2)23)20(3,24)12-18(22(16)17)21(13,25)15-7-5-4-6-8-15/h4-8,13,16-19,24-25H,9-12H2,1-3H3/t13-,16+,17+,18+,19+,20-,21+/m1/s1. The van der Waals surface area contributed by atoms with Gasteiger partial charge in [-0.25, -0.2) is 0 Å². The first-order valence-electron chi connectivity index (χ1n) is 9.55. The molecule has 4 rings (SSSR count). The van der Waals surface area contributed by atoms with Crippen molar-refractivity contribution in [3.05, 3.63) is 35.9 Å². The molecule has 0 aliphatic carbocycles. The highest BCUT2D eigenvalue weighted by molar-refractivity contribution is 5.80. The topological polar surface area (TPSA) is 60.8 Å². The van der Waals surface area contributed by atoms with Gasteiger partial charge in [0.1, 0.15) is 11.4 Å². The van der Waals surface area contributed by atoms with Gasteiger partial charge >= 0.3 is 0 Å². The van der Waals surface area contributed by atoms with Gasteiger partial charge in [0.2, 0.25) is 0 Å². The Bertz CT molecular complexity index is 673. The molecule has 25 heavy (non-hydrogen) atoms. The first-order valence-corrected chi connectivity index (χ1v) is 9.55. The zero-order chi connectivity index (χ0) is 18.0. The minimum absolute atomic E-state index is 0.0407. The quantitative estimate of drug-likeness (QED) is 0.866. The summed E-state index contributed by atoms with van der Waals surface area (Å²) in [5.74, 6) is -0.178. The number of hydrogen-bond acceptors (Lipinski definition) is 4. The van der Waals surface area contributed by atoms with E-state index in [4.69, 9.17) is 0 Å². The fraction of sp³-hybridized carbons (Fsp3) is 0.667. The summed E-state index contributed by atoms with van der Waals surface area (Å²) in [5.41, 5.74) is -1.15. The molecule has 0 unspecified atom stereocenters. The fourth-order valence-corrected chi connectivity index (χ4v) is 6.22. The lowest BCUT2D eigenvalue weighted by molar-refractivity contribution is -0.205. The molecule has 2 N–H and O–H groups in total. The second-order valence-corrected chi connectivity index (χ2v) is 8.74. The highest BCUT2D eigenvalue weighted by atomic mass is 16.3. The molecule has 3 aliphatic rings. The molecule has 0 amide bonds. The molecule has 3 heterocycles. The zero-order valence-corrected chi connectivity index (χ0v) is 15.4. The molecule has 3 saturated heterocycles. The average molecular weight is 343 g/mol. The summed E-state index contributed by atoms with van der Waals surface area (Å²) < 4.78 is 0. The molecule has 0 bridgehead atoms. The summed E-state index contributed by atoms with van der Waals surface area (Å²) in [6.07, 6.45) is 3.35. The second kappa shape index (κ2) is 5.63. The third-order valence-electron chi connectivity index (χ3n) is 7.18. The van der Waals surface area contributed by atoms with Crippen LogP contribution in [0.25, 0.3) is 0 Å². The van der Waals surface area contributed by atoms with Crippen molar-refractivity contribution in [2.45, 2.75) is 75.8 Å². The smallest absolute Gasteiger partial charge is 0.137 e. The van der Waals surface area contributed by atoms with E-state index in [0.29, 0.717) is 12.5 Å². The van der Waals surface area contributed by atoms with E-state index in [1.807, 2.05) is 30.3 Å². The van der Waals surface area contributed by atoms with Crippen LogP contribution in [0.15, 0.2) is 30.3 Å². The van der Waals surface area contributed by atoms with Crippen molar-refractivity contribution in [2.75, 3.05) is 0 Å². The molecular weight excluding hydrogens is 314 g/mol. The Kier molecular flexibility index (Phi) is 3.87. The number of Topliss-reactive ketones (excluding diaryl/α,β-unsaturated/α-hetero) is 1. The molecule has 0 spiro atoms. The Morgan fingerprint density at radius 2 is 1.88 bits per heavy atom. The monoisotopic (exact) mass is 343 g/mol. The summed E-state index contributed by atoms with van der Waals surface area (Å²) in [6, 6.07) is 10.2. The molecule has 4 nitrogen and oxygen atoms in total. The van der Waals surface area contributed by atoms with Crippen LogP contribution >= 0.6 is 0 Å². The van der Waals surface area contributed by atoms with Gasteiger partial charge in [-0.2, -0.15) is 0 Å². The third-order valence-corrected chi connectivity index (χ3v) is 7.18. The maximum absolute atomic E-state index is 12.3. The molecule has 7 atom stereocenters. The SMILES string of the molecule is CC(=O)[C@H]1[C@@H]2CC[C@H]3C[C@@H](C)[C@](O)(c4ccccc4)[C@H](C[C@@]1(C)O)N32. The number of nitrogens with zero attached hydrogens (tertiary/aromatic N) is 1. The molecule has 4 heteroatoms. The maximum Gasteiger partial charge on any atom is 0.137 e. The number of rotatable bonds is 2. The van der Waals surface area contributed by atoms with Gasteiger partial charge in [0.25, 0.3) is 0 Å². The van der Waals surface area contributed by atoms with Crippen LogP contribution in [-0.4, -0.2) is 44.6 Å². The molecule has 1 aromatic carbocycles. The van der Waals surface area contributed by atoms with Gasteiger partial charge in [-0.1, -0.05) is 37.3 Å². The molecule has 3 fully saturated rings. The Morgan fingerprint density at radius 1 is 1.20 bits per heavy atom. The van der Waals surface area contributed by atoms with Crippen LogP contribution in [-0.2, 0) is 10.4 Å². The van der Waals surface area contributed by atoms with Gasteiger partial charge in [0.05, 0.1) is 11.5 Å². The van der Waals surface area contributed by atoms with E-state index in [0.717, 1.165) is 24.8 Å². The predicted molar refractivity (Wildman–Crippen MR) is 96.0 cm³/mol. The van der Waals surface area contributed by atoms with E-state index in [1.54, 1.807) is 13.8 Å². The molecule has 136 valence electrons. The van der Waals surface area contributed by atoms with Gasteiger partial charge in [0, 0.05) is 18.1 Å². The minimum atomic E-state index is -1.08. The van der Waals surface area contributed by atoms with E-state index in [9.17, 15) is 15.0 Å². The third kappa shape index (κ3) is 2.34. The normalized spacial score (nSPS) is 46.7. The minimum Gasteiger partial charge on any atom is -0.389 e. The van der Waals surface area contributed by atoms with Crippen LogP contribution in [0.5, 0.6) is 0 Å². The van der Waals surface area contributed by atoms with Crippen molar-refractivity contribution in [3.63, 3.8) is 0 Å². The van der Waals surface area contributed by atoms with Crippen LogP contribution in [0.3, 0.4) is 0 Å². The maximum atomic E-state index is 12.3. The number of piperidine rings is 2. The molecule has 1 aromatic rings. The summed E-state index contributed by atoms with van der Waals surface area (Å²) in [6.45, 7) is 5.51. The van der Waals surface area contributed by atoms with E-state index >= 15 is 0 Å². The highest BCUT2D eigenvalue weighted by Gasteiger charge is 2.63. The van der Waals surface area contributed by atoms with Crippen molar-refractivity contribution >= 4 is 5.78 Å². The number of ketones is 1. The molecule has 0 saturated carbocycles. The van der Waals surface area contributed by atoms with Crippen molar-refractivity contribution in [2.24, 2.45) is 11.8 Å². The van der Waals surface area contributed by atoms with Crippen LogP contribution in [0.4, 0.5) is 0 Å². The van der Waals surface area contributed by atoms with Crippen LogP contribution < -0.4 is 0 Å². The van der Waals surface area contributed by atoms with E-state index in [2.05, 4.69) is 11.8 Å². The molecular formula is C21H29NO3. The number of benzene rings is 1. The first kappa shape index (κ1) is 17.2. The summed E-state index contributed by atoms with van der Waals surface area (Å²) in [5, 5.41) is 23.1. The lowest BCUT2D eigenvalue weighted by Gasteiger charge is -2.60. The number of carbonyl (C=O) groups is 1. The Labute approximate surface area is 149 Å². The Balaban J connectivity index is 1.82. The van der Waals surface area contributed by atoms with Crippen molar-refractivity contribution in [1.82, 2.24) is 4.90 Å². The molecule has 0 aromatic heterocycles. The van der Waals surface area contributed by atoms with E-state index < -0.39 is 11.2 Å². The predicted octanol–water partition coefficient (Wildman–Crippen LogP) is 2.48. The Morgan fingerprint density at radius 3 is 2.52 bits per heavy atom. The van der Waals surface area contributed by atoms with E-state index in [-0.39, 0.29) is 29.7 Å². The molecule has 0 radical (unpaired) electrons. The van der Waals surface area contributed by atoms with Gasteiger partial charge in [0.15, 0.2) is 0 Å². The van der Waals surface area contributed by atoms with Crippen LogP contribution in [0.2, 0.25) is 0 Å². The second-order valence-electron chi connectivity index (χ2n) is 8.74. The average Bonchev–Trinajstić information content (AvgIpc) is 2.95. The van der Waals surface area contributed by atoms with E-state index in [1.165, 1.54) is 0 Å².